The average Bonchev–Trinajstić information content (AvgIpc) is 3.55. The van der Waals surface area contributed by atoms with Crippen LogP contribution in [-0.4, -0.2) is 18.2 Å². The predicted octanol–water partition coefficient (Wildman–Crippen LogP) is 12.0. The van der Waals surface area contributed by atoms with Crippen molar-refractivity contribution in [3.63, 3.8) is 0 Å². The first kappa shape index (κ1) is 31.5. The zero-order chi connectivity index (χ0) is 30.6. The number of hydrogen-bond donors (Lipinski definition) is 0. The van der Waals surface area contributed by atoms with E-state index in [0.717, 1.165) is 75.4 Å². The van der Waals surface area contributed by atoms with E-state index in [0.29, 0.717) is 11.8 Å². The van der Waals surface area contributed by atoms with Gasteiger partial charge in [0.1, 0.15) is 26.7 Å². The highest BCUT2D eigenvalue weighted by molar-refractivity contribution is 7.22. The largest absolute Gasteiger partial charge is 0.492 e. The van der Waals surface area contributed by atoms with Crippen molar-refractivity contribution in [3.8, 4) is 22.1 Å². The Hall–Kier alpha value is -2.07. The van der Waals surface area contributed by atoms with Crippen molar-refractivity contribution in [1.29, 1.82) is 0 Å². The summed E-state index contributed by atoms with van der Waals surface area (Å²) in [6, 6.07) is 14.9. The second-order valence-corrected chi connectivity index (χ2v) is 16.8. The second kappa shape index (κ2) is 14.8. The molecule has 4 fully saturated rings. The molecule has 0 bridgehead atoms. The second-order valence-electron chi connectivity index (χ2n) is 15.8. The van der Waals surface area contributed by atoms with Crippen molar-refractivity contribution < 1.29 is 9.47 Å². The van der Waals surface area contributed by atoms with E-state index >= 15 is 0 Å². The average molecular weight is 628 g/mol. The Balaban J connectivity index is 0.977. The monoisotopic (exact) mass is 627 g/mol. The third-order valence-corrected chi connectivity index (χ3v) is 13.8. The van der Waals surface area contributed by atoms with E-state index in [-0.39, 0.29) is 0 Å². The molecule has 1 aromatic heterocycles. The van der Waals surface area contributed by atoms with Crippen molar-refractivity contribution in [2.45, 2.75) is 117 Å². The first-order valence-electron chi connectivity index (χ1n) is 18.8. The summed E-state index contributed by atoms with van der Waals surface area (Å²) in [5, 5.41) is 1.05. The van der Waals surface area contributed by atoms with E-state index in [1.165, 1.54) is 108 Å². The van der Waals surface area contributed by atoms with Gasteiger partial charge in [0.25, 0.3) is 0 Å². The van der Waals surface area contributed by atoms with Crippen LogP contribution in [0.3, 0.4) is 0 Å². The molecule has 4 aliphatic rings. The van der Waals surface area contributed by atoms with E-state index in [2.05, 4.69) is 56.3 Å². The molecule has 0 aliphatic heterocycles. The Bertz CT molecular complexity index is 1250. The minimum Gasteiger partial charge on any atom is -0.492 e. The molecule has 0 N–H and O–H groups in total. The molecule has 2 aromatic carbocycles. The van der Waals surface area contributed by atoms with Crippen LogP contribution in [-0.2, 0) is 0 Å². The summed E-state index contributed by atoms with van der Waals surface area (Å²) in [5.74, 6) is 9.03. The van der Waals surface area contributed by atoms with Crippen LogP contribution in [0.1, 0.15) is 117 Å². The maximum absolute atomic E-state index is 6.64. The van der Waals surface area contributed by atoms with E-state index in [1.807, 2.05) is 0 Å². The first-order valence-corrected chi connectivity index (χ1v) is 19.6. The number of benzene rings is 2. The van der Waals surface area contributed by atoms with Crippen LogP contribution in [0.15, 0.2) is 42.5 Å². The molecule has 4 aliphatic carbocycles. The molecule has 0 saturated heterocycles. The van der Waals surface area contributed by atoms with E-state index in [1.54, 1.807) is 11.3 Å². The summed E-state index contributed by atoms with van der Waals surface area (Å²) >= 11 is 1.76. The molecule has 0 amide bonds. The van der Waals surface area contributed by atoms with Gasteiger partial charge in [0.05, 0.1) is 13.2 Å². The molecule has 7 rings (SSSR count). The number of ether oxygens (including phenoxy) is 2. The summed E-state index contributed by atoms with van der Waals surface area (Å²) in [5.41, 5.74) is 2.15. The lowest BCUT2D eigenvalue weighted by Crippen LogP contribution is -2.27. The molecule has 4 heteroatoms. The summed E-state index contributed by atoms with van der Waals surface area (Å²) in [6.45, 7) is 6.51. The zero-order valence-corrected chi connectivity index (χ0v) is 28.9. The fourth-order valence-electron chi connectivity index (χ4n) is 9.48. The van der Waals surface area contributed by atoms with Gasteiger partial charge in [-0.15, -0.1) is 11.3 Å². The van der Waals surface area contributed by atoms with Crippen LogP contribution in [0.4, 0.5) is 0 Å². The molecule has 3 aromatic rings. The molecular formula is C41H57NO2S. The quantitative estimate of drug-likeness (QED) is 0.236. The van der Waals surface area contributed by atoms with Crippen LogP contribution >= 0.6 is 11.3 Å². The summed E-state index contributed by atoms with van der Waals surface area (Å²) in [6.07, 6.45) is 22.5. The smallest absolute Gasteiger partial charge is 0.146 e. The molecule has 0 atom stereocenters. The summed E-state index contributed by atoms with van der Waals surface area (Å²) < 4.78 is 14.4. The third kappa shape index (κ3) is 7.74. The van der Waals surface area contributed by atoms with Crippen molar-refractivity contribution >= 4 is 21.6 Å². The lowest BCUT2D eigenvalue weighted by molar-refractivity contribution is 0.125. The highest BCUT2D eigenvalue weighted by Crippen LogP contribution is 2.45. The molecule has 3 nitrogen and oxygen atoms in total. The Labute approximate surface area is 276 Å². The van der Waals surface area contributed by atoms with Gasteiger partial charge in [-0.05, 0) is 137 Å². The molecule has 0 spiro atoms. The van der Waals surface area contributed by atoms with Gasteiger partial charge in [0.15, 0.2) is 0 Å². The fourth-order valence-corrected chi connectivity index (χ4v) is 10.5. The summed E-state index contributed by atoms with van der Waals surface area (Å²) in [4.78, 5) is 5.16. The molecule has 0 unspecified atom stereocenters. The van der Waals surface area contributed by atoms with Gasteiger partial charge in [-0.25, -0.2) is 4.98 Å². The van der Waals surface area contributed by atoms with Gasteiger partial charge < -0.3 is 9.47 Å². The molecule has 4 saturated carbocycles. The van der Waals surface area contributed by atoms with Crippen molar-refractivity contribution in [2.75, 3.05) is 13.2 Å². The maximum atomic E-state index is 6.64. The minimum absolute atomic E-state index is 0.661. The minimum atomic E-state index is 0.661. The Morgan fingerprint density at radius 3 is 1.51 bits per heavy atom. The van der Waals surface area contributed by atoms with Crippen LogP contribution in [0.2, 0.25) is 0 Å². The number of aromatic nitrogens is 1. The molecule has 244 valence electrons. The van der Waals surface area contributed by atoms with Gasteiger partial charge in [-0.1, -0.05) is 69.9 Å². The standard InChI is InChI=1S/C41H57NO2S/c1-28-8-16-32(17-9-28)34-20-12-30(13-21-34)26-43-37-24-25-38(40-39(37)42-41(45-40)36-6-4-3-5-7-36)44-27-31-14-22-35(23-15-31)33-18-10-29(2)11-19-33/h3-7,24-25,28-35H,8-23,26-27H2,1-2H3. The van der Waals surface area contributed by atoms with Crippen molar-refractivity contribution in [2.24, 2.45) is 47.3 Å². The molecular weight excluding hydrogens is 571 g/mol. The van der Waals surface area contributed by atoms with Crippen LogP contribution in [0, 0.1) is 47.3 Å². The van der Waals surface area contributed by atoms with Gasteiger partial charge in [0, 0.05) is 5.56 Å². The van der Waals surface area contributed by atoms with E-state index < -0.39 is 0 Å². The van der Waals surface area contributed by atoms with E-state index in [4.69, 9.17) is 14.5 Å². The van der Waals surface area contributed by atoms with E-state index in [9.17, 15) is 0 Å². The van der Waals surface area contributed by atoms with Crippen LogP contribution in [0.5, 0.6) is 11.5 Å². The first-order chi connectivity index (χ1) is 22.1. The fraction of sp³-hybridized carbons (Fsp3) is 0.683. The maximum Gasteiger partial charge on any atom is 0.146 e. The number of fused-ring (bicyclic) bond motifs is 1. The van der Waals surface area contributed by atoms with Gasteiger partial charge in [-0.3, -0.25) is 0 Å². The number of rotatable bonds is 9. The molecule has 1 heterocycles. The third-order valence-electron chi connectivity index (χ3n) is 12.7. The SMILES string of the molecule is CC1CCC(C2CCC(COc3ccc(OCC4CCC(C5CCC(C)CC5)CC4)c4sc(-c5ccccc5)nc34)CC2)CC1. The summed E-state index contributed by atoms with van der Waals surface area (Å²) in [7, 11) is 0. The molecule has 0 radical (unpaired) electrons. The lowest BCUT2D eigenvalue weighted by atomic mass is 9.69. The predicted molar refractivity (Wildman–Crippen MR) is 189 cm³/mol. The topological polar surface area (TPSA) is 31.4 Å². The highest BCUT2D eigenvalue weighted by atomic mass is 32.1. The highest BCUT2D eigenvalue weighted by Gasteiger charge is 2.32. The Morgan fingerprint density at radius 2 is 1.00 bits per heavy atom. The van der Waals surface area contributed by atoms with Crippen molar-refractivity contribution in [1.82, 2.24) is 4.98 Å². The number of hydrogen-bond acceptors (Lipinski definition) is 4. The zero-order valence-electron chi connectivity index (χ0n) is 28.1. The van der Waals surface area contributed by atoms with Gasteiger partial charge in [-0.2, -0.15) is 0 Å². The number of nitrogens with zero attached hydrogens (tertiary/aromatic N) is 1. The van der Waals surface area contributed by atoms with Gasteiger partial charge >= 0.3 is 0 Å². The van der Waals surface area contributed by atoms with Crippen LogP contribution in [0.25, 0.3) is 20.8 Å². The van der Waals surface area contributed by atoms with Gasteiger partial charge in [0.2, 0.25) is 0 Å². The Morgan fingerprint density at radius 1 is 0.556 bits per heavy atom. The normalized spacial score (nSPS) is 32.8. The van der Waals surface area contributed by atoms with Crippen LogP contribution < -0.4 is 9.47 Å². The van der Waals surface area contributed by atoms with Crippen molar-refractivity contribution in [3.05, 3.63) is 42.5 Å². The lowest BCUT2D eigenvalue weighted by Gasteiger charge is -2.37. The molecule has 45 heavy (non-hydrogen) atoms. The Kier molecular flexibility index (Phi) is 10.4. The number of thiazole rings is 1.